The molecule has 3 heteroatoms. The molecule has 0 aliphatic carbocycles. The van der Waals surface area contributed by atoms with Crippen molar-refractivity contribution >= 4 is 23.3 Å². The van der Waals surface area contributed by atoms with Crippen molar-refractivity contribution in [2.24, 2.45) is 4.99 Å². The highest BCUT2D eigenvalue weighted by atomic mass is 32.2. The predicted molar refractivity (Wildman–Crippen MR) is 83.3 cm³/mol. The van der Waals surface area contributed by atoms with Crippen molar-refractivity contribution in [3.8, 4) is 5.75 Å². The average molecular weight is 269 g/mol. The third-order valence-corrected chi connectivity index (χ3v) is 2.72. The van der Waals surface area contributed by atoms with E-state index >= 15 is 0 Å². The minimum atomic E-state index is 0.576. The van der Waals surface area contributed by atoms with E-state index in [0.29, 0.717) is 5.90 Å². The molecule has 0 atom stereocenters. The molecule has 0 aliphatic heterocycles. The van der Waals surface area contributed by atoms with Crippen LogP contribution in [0.4, 0.5) is 5.69 Å². The first kappa shape index (κ1) is 13.4. The quantitative estimate of drug-likeness (QED) is 0.594. The molecule has 0 heterocycles. The molecular formula is C16H15NOS. The van der Waals surface area contributed by atoms with E-state index in [1.165, 1.54) is 0 Å². The summed E-state index contributed by atoms with van der Waals surface area (Å²) in [5, 5.41) is 1.95. The van der Waals surface area contributed by atoms with Crippen LogP contribution in [0.25, 0.3) is 0 Å². The Kier molecular flexibility index (Phi) is 5.26. The van der Waals surface area contributed by atoms with Crippen LogP contribution in [0, 0.1) is 0 Å². The highest BCUT2D eigenvalue weighted by Gasteiger charge is 1.99. The monoisotopic (exact) mass is 269 g/mol. The van der Waals surface area contributed by atoms with E-state index in [2.05, 4.69) is 4.99 Å². The fraction of sp³-hybridized carbons (Fsp3) is 0.0625. The summed E-state index contributed by atoms with van der Waals surface area (Å²) >= 11 is 1.61. The van der Waals surface area contributed by atoms with Crippen molar-refractivity contribution in [2.75, 3.05) is 6.26 Å². The van der Waals surface area contributed by atoms with Crippen LogP contribution in [0.3, 0.4) is 0 Å². The lowest BCUT2D eigenvalue weighted by Gasteiger charge is -2.05. The van der Waals surface area contributed by atoms with E-state index in [0.717, 1.165) is 11.4 Å². The Morgan fingerprint density at radius 1 is 1.00 bits per heavy atom. The molecule has 19 heavy (non-hydrogen) atoms. The first-order valence-electron chi connectivity index (χ1n) is 5.94. The van der Waals surface area contributed by atoms with Gasteiger partial charge in [-0.25, -0.2) is 4.99 Å². The topological polar surface area (TPSA) is 21.6 Å². The Labute approximate surface area is 117 Å². The highest BCUT2D eigenvalue weighted by Crippen LogP contribution is 2.14. The number of thioether (sulfide) groups is 1. The first-order chi connectivity index (χ1) is 9.38. The Morgan fingerprint density at radius 3 is 2.26 bits per heavy atom. The summed E-state index contributed by atoms with van der Waals surface area (Å²) < 4.78 is 5.77. The van der Waals surface area contributed by atoms with Crippen molar-refractivity contribution < 1.29 is 4.74 Å². The summed E-state index contributed by atoms with van der Waals surface area (Å²) in [5.41, 5.74) is 0.874. The Bertz CT molecular complexity index is 549. The molecule has 0 bridgehead atoms. The molecule has 0 aliphatic rings. The largest absolute Gasteiger partial charge is 0.439 e. The highest BCUT2D eigenvalue weighted by molar-refractivity contribution is 8.01. The number of rotatable bonds is 4. The van der Waals surface area contributed by atoms with Gasteiger partial charge in [-0.2, -0.15) is 0 Å². The molecule has 0 N–H and O–H groups in total. The zero-order valence-corrected chi connectivity index (χ0v) is 11.5. The molecule has 2 aromatic rings. The van der Waals surface area contributed by atoms with Gasteiger partial charge >= 0.3 is 0 Å². The first-order valence-corrected chi connectivity index (χ1v) is 7.23. The molecular weight excluding hydrogens is 254 g/mol. The van der Waals surface area contributed by atoms with Crippen LogP contribution in [-0.4, -0.2) is 12.2 Å². The number of para-hydroxylation sites is 2. The van der Waals surface area contributed by atoms with Crippen LogP contribution >= 0.6 is 11.8 Å². The normalized spacial score (nSPS) is 11.7. The molecule has 0 aromatic heterocycles. The van der Waals surface area contributed by atoms with Gasteiger partial charge in [0, 0.05) is 6.08 Å². The number of hydrogen-bond donors (Lipinski definition) is 0. The fourth-order valence-electron chi connectivity index (χ4n) is 1.46. The third-order valence-electron chi connectivity index (χ3n) is 2.31. The van der Waals surface area contributed by atoms with E-state index in [4.69, 9.17) is 4.74 Å². The standard InChI is InChI=1S/C16H15NOS/c1-19-13-12-16(17-14-8-4-2-5-9-14)18-15-10-6-3-7-11-15/h2-13H,1H3/b13-12+,17-16-. The average Bonchev–Trinajstić information content (AvgIpc) is 2.47. The molecule has 0 unspecified atom stereocenters. The summed E-state index contributed by atoms with van der Waals surface area (Å²) in [6.07, 6.45) is 3.86. The molecule has 0 amide bonds. The van der Waals surface area contributed by atoms with Crippen LogP contribution in [0.1, 0.15) is 0 Å². The molecule has 2 nitrogen and oxygen atoms in total. The minimum absolute atomic E-state index is 0.576. The van der Waals surface area contributed by atoms with Crippen molar-refractivity contribution in [1.29, 1.82) is 0 Å². The van der Waals surface area contributed by atoms with Gasteiger partial charge in [-0.3, -0.25) is 0 Å². The number of nitrogens with zero attached hydrogens (tertiary/aromatic N) is 1. The molecule has 0 spiro atoms. The Morgan fingerprint density at radius 2 is 1.63 bits per heavy atom. The second-order valence-electron chi connectivity index (χ2n) is 3.74. The lowest BCUT2D eigenvalue weighted by Crippen LogP contribution is -2.04. The second kappa shape index (κ2) is 7.44. The third kappa shape index (κ3) is 4.64. The van der Waals surface area contributed by atoms with Crippen LogP contribution in [-0.2, 0) is 0 Å². The Hall–Kier alpha value is -2.00. The van der Waals surface area contributed by atoms with Crippen LogP contribution in [0.5, 0.6) is 5.75 Å². The van der Waals surface area contributed by atoms with Crippen molar-refractivity contribution in [3.05, 3.63) is 72.1 Å². The van der Waals surface area contributed by atoms with Gasteiger partial charge in [0.2, 0.25) is 5.90 Å². The van der Waals surface area contributed by atoms with Crippen molar-refractivity contribution in [3.63, 3.8) is 0 Å². The van der Waals surface area contributed by atoms with Gasteiger partial charge in [-0.1, -0.05) is 36.4 Å². The van der Waals surface area contributed by atoms with Crippen LogP contribution in [0.2, 0.25) is 0 Å². The SMILES string of the molecule is CS/C=C/C(=N/c1ccccc1)Oc1ccccc1. The van der Waals surface area contributed by atoms with Gasteiger partial charge in [-0.05, 0) is 35.9 Å². The summed E-state index contributed by atoms with van der Waals surface area (Å²) in [7, 11) is 0. The zero-order valence-electron chi connectivity index (χ0n) is 10.7. The Balaban J connectivity index is 2.21. The second-order valence-corrected chi connectivity index (χ2v) is 4.48. The molecule has 2 aromatic carbocycles. The molecule has 0 saturated heterocycles. The van der Waals surface area contributed by atoms with E-state index < -0.39 is 0 Å². The van der Waals surface area contributed by atoms with Crippen LogP contribution in [0.15, 0.2) is 77.1 Å². The van der Waals surface area contributed by atoms with E-state index in [9.17, 15) is 0 Å². The van der Waals surface area contributed by atoms with Gasteiger partial charge in [0.15, 0.2) is 0 Å². The summed E-state index contributed by atoms with van der Waals surface area (Å²) in [4.78, 5) is 4.49. The maximum absolute atomic E-state index is 5.77. The molecule has 96 valence electrons. The van der Waals surface area contributed by atoms with E-state index in [1.54, 1.807) is 11.8 Å². The molecule has 0 saturated carbocycles. The zero-order chi connectivity index (χ0) is 13.3. The summed E-state index contributed by atoms with van der Waals surface area (Å²) in [6, 6.07) is 19.4. The maximum Gasteiger partial charge on any atom is 0.220 e. The lowest BCUT2D eigenvalue weighted by atomic mass is 10.3. The number of aliphatic imine (C=N–C) groups is 1. The van der Waals surface area contributed by atoms with Gasteiger partial charge < -0.3 is 4.74 Å². The van der Waals surface area contributed by atoms with Gasteiger partial charge in [0.25, 0.3) is 0 Å². The number of ether oxygens (including phenoxy) is 1. The van der Waals surface area contributed by atoms with Crippen molar-refractivity contribution in [1.82, 2.24) is 0 Å². The lowest BCUT2D eigenvalue weighted by molar-refractivity contribution is 0.556. The van der Waals surface area contributed by atoms with Gasteiger partial charge in [-0.15, -0.1) is 11.8 Å². The number of hydrogen-bond acceptors (Lipinski definition) is 3. The van der Waals surface area contributed by atoms with E-state index in [1.807, 2.05) is 78.4 Å². The minimum Gasteiger partial charge on any atom is -0.439 e. The maximum atomic E-state index is 5.77. The molecule has 0 radical (unpaired) electrons. The fourth-order valence-corrected chi connectivity index (χ4v) is 1.71. The summed E-state index contributed by atoms with van der Waals surface area (Å²) in [6.45, 7) is 0. The van der Waals surface area contributed by atoms with Crippen molar-refractivity contribution in [2.45, 2.75) is 0 Å². The van der Waals surface area contributed by atoms with Gasteiger partial charge in [0.1, 0.15) is 5.75 Å². The van der Waals surface area contributed by atoms with E-state index in [-0.39, 0.29) is 0 Å². The summed E-state index contributed by atoms with van der Waals surface area (Å²) in [5.74, 6) is 1.36. The molecule has 2 rings (SSSR count). The molecule has 0 fully saturated rings. The predicted octanol–water partition coefficient (Wildman–Crippen LogP) is 4.67. The number of benzene rings is 2. The van der Waals surface area contributed by atoms with Crippen LogP contribution < -0.4 is 4.74 Å². The smallest absolute Gasteiger partial charge is 0.220 e. The van der Waals surface area contributed by atoms with Gasteiger partial charge in [0.05, 0.1) is 5.69 Å².